The quantitative estimate of drug-likeness (QED) is 0.788. The Kier molecular flexibility index (Phi) is 3.97. The first kappa shape index (κ1) is 13.3. The molecule has 0 amide bonds. The molecular weight excluding hydrogens is 242 g/mol. The Bertz CT molecular complexity index is 387. The summed E-state index contributed by atoms with van der Waals surface area (Å²) in [6, 6.07) is 2.66. The molecule has 0 saturated carbocycles. The molecule has 0 fully saturated rings. The van der Waals surface area contributed by atoms with Crippen molar-refractivity contribution in [2.24, 2.45) is 0 Å². The molecule has 0 unspecified atom stereocenters. The summed E-state index contributed by atoms with van der Waals surface area (Å²) < 4.78 is 53.7. The maximum atomic E-state index is 12.6. The van der Waals surface area contributed by atoms with Crippen molar-refractivity contribution >= 4 is 11.5 Å². The largest absolute Gasteiger partial charge is 0.479 e. The van der Waals surface area contributed by atoms with Crippen LogP contribution in [0, 0.1) is 0 Å². The zero-order chi connectivity index (χ0) is 13.1. The summed E-state index contributed by atoms with van der Waals surface area (Å²) in [7, 11) is 1.30. The second-order valence-corrected chi connectivity index (χ2v) is 3.21. The number of pyridine rings is 1. The predicted octanol–water partition coefficient (Wildman–Crippen LogP) is 1.98. The first-order valence-electron chi connectivity index (χ1n) is 4.57. The Morgan fingerprint density at radius 2 is 2.12 bits per heavy atom. The molecule has 0 radical (unpaired) electrons. The van der Waals surface area contributed by atoms with Crippen LogP contribution in [0.4, 0.5) is 29.1 Å². The van der Waals surface area contributed by atoms with E-state index in [9.17, 15) is 17.6 Å². The van der Waals surface area contributed by atoms with Gasteiger partial charge in [-0.25, -0.2) is 8.78 Å². The third-order valence-corrected chi connectivity index (χ3v) is 1.91. The summed E-state index contributed by atoms with van der Waals surface area (Å²) in [6.45, 7) is -1.22. The minimum absolute atomic E-state index is 0.0172. The lowest BCUT2D eigenvalue weighted by molar-refractivity contribution is -0.117. The van der Waals surface area contributed by atoms with Gasteiger partial charge in [0, 0.05) is 0 Å². The Morgan fingerprint density at radius 1 is 1.47 bits per heavy atom. The number of ether oxygens (including phenoxy) is 1. The molecule has 8 heteroatoms. The van der Waals surface area contributed by atoms with Crippen LogP contribution in [0.2, 0.25) is 0 Å². The molecule has 0 aliphatic carbocycles. The first-order chi connectivity index (χ1) is 7.86. The second kappa shape index (κ2) is 5.07. The van der Waals surface area contributed by atoms with Gasteiger partial charge in [0.25, 0.3) is 0 Å². The molecule has 0 saturated heterocycles. The SMILES string of the molecule is COc1nc(NCC(F)(F)C(F)F)ccc1N. The van der Waals surface area contributed by atoms with Gasteiger partial charge in [-0.1, -0.05) is 0 Å². The Labute approximate surface area is 94.8 Å². The van der Waals surface area contributed by atoms with Gasteiger partial charge in [-0.15, -0.1) is 0 Å². The number of alkyl halides is 4. The van der Waals surface area contributed by atoms with E-state index in [4.69, 9.17) is 10.5 Å². The minimum Gasteiger partial charge on any atom is -0.479 e. The number of hydrogen-bond donors (Lipinski definition) is 2. The highest BCUT2D eigenvalue weighted by molar-refractivity contribution is 5.53. The fourth-order valence-corrected chi connectivity index (χ4v) is 0.999. The van der Waals surface area contributed by atoms with Crippen LogP contribution in [-0.4, -0.2) is 31.0 Å². The first-order valence-corrected chi connectivity index (χ1v) is 4.57. The predicted molar refractivity (Wildman–Crippen MR) is 54.6 cm³/mol. The van der Waals surface area contributed by atoms with Crippen molar-refractivity contribution in [1.29, 1.82) is 0 Å². The average molecular weight is 253 g/mol. The summed E-state index contributed by atoms with van der Waals surface area (Å²) in [6.07, 6.45) is -3.73. The third kappa shape index (κ3) is 3.36. The highest BCUT2D eigenvalue weighted by atomic mass is 19.3. The lowest BCUT2D eigenvalue weighted by Crippen LogP contribution is -2.35. The van der Waals surface area contributed by atoms with Crippen LogP contribution in [0.1, 0.15) is 0 Å². The molecule has 3 N–H and O–H groups in total. The molecule has 0 atom stereocenters. The minimum atomic E-state index is -4.11. The molecule has 0 aromatic carbocycles. The summed E-state index contributed by atoms with van der Waals surface area (Å²) in [5, 5.41) is 2.09. The van der Waals surface area contributed by atoms with E-state index in [1.54, 1.807) is 0 Å². The monoisotopic (exact) mass is 253 g/mol. The van der Waals surface area contributed by atoms with E-state index >= 15 is 0 Å². The maximum Gasteiger partial charge on any atom is 0.324 e. The van der Waals surface area contributed by atoms with E-state index in [0.717, 1.165) is 0 Å². The Balaban J connectivity index is 2.70. The van der Waals surface area contributed by atoms with E-state index in [2.05, 4.69) is 10.3 Å². The maximum absolute atomic E-state index is 12.6. The van der Waals surface area contributed by atoms with Gasteiger partial charge in [0.2, 0.25) is 5.88 Å². The van der Waals surface area contributed by atoms with E-state index in [1.165, 1.54) is 19.2 Å². The van der Waals surface area contributed by atoms with Gasteiger partial charge in [-0.3, -0.25) is 0 Å². The molecule has 0 aliphatic rings. The number of rotatable bonds is 5. The zero-order valence-electron chi connectivity index (χ0n) is 8.88. The van der Waals surface area contributed by atoms with Crippen molar-refractivity contribution in [2.75, 3.05) is 24.7 Å². The Morgan fingerprint density at radius 3 is 2.65 bits per heavy atom. The lowest BCUT2D eigenvalue weighted by atomic mass is 10.3. The van der Waals surface area contributed by atoms with Gasteiger partial charge in [-0.2, -0.15) is 13.8 Å². The molecule has 1 rings (SSSR count). The fourth-order valence-electron chi connectivity index (χ4n) is 0.999. The van der Waals surface area contributed by atoms with Gasteiger partial charge in [0.15, 0.2) is 0 Å². The van der Waals surface area contributed by atoms with Crippen LogP contribution in [0.25, 0.3) is 0 Å². The molecular formula is C9H11F4N3O. The van der Waals surface area contributed by atoms with E-state index in [0.29, 0.717) is 0 Å². The lowest BCUT2D eigenvalue weighted by Gasteiger charge is -2.16. The second-order valence-electron chi connectivity index (χ2n) is 3.21. The number of aromatic nitrogens is 1. The van der Waals surface area contributed by atoms with Gasteiger partial charge in [-0.05, 0) is 12.1 Å². The van der Waals surface area contributed by atoms with Crippen LogP contribution in [0.5, 0.6) is 5.88 Å². The van der Waals surface area contributed by atoms with Crippen LogP contribution in [0.3, 0.4) is 0 Å². The number of methoxy groups -OCH3 is 1. The number of anilines is 2. The van der Waals surface area contributed by atoms with Gasteiger partial charge >= 0.3 is 12.3 Å². The van der Waals surface area contributed by atoms with Crippen molar-refractivity contribution < 1.29 is 22.3 Å². The van der Waals surface area contributed by atoms with E-state index < -0.39 is 18.9 Å². The van der Waals surface area contributed by atoms with Gasteiger partial charge in [0.05, 0.1) is 19.3 Å². The molecule has 1 aromatic heterocycles. The van der Waals surface area contributed by atoms with Crippen molar-refractivity contribution in [2.45, 2.75) is 12.3 Å². The smallest absolute Gasteiger partial charge is 0.324 e. The van der Waals surface area contributed by atoms with E-state index in [-0.39, 0.29) is 17.4 Å². The molecule has 0 aliphatic heterocycles. The number of nitrogens with two attached hydrogens (primary N) is 1. The van der Waals surface area contributed by atoms with Crippen LogP contribution < -0.4 is 15.8 Å². The van der Waals surface area contributed by atoms with Crippen molar-refractivity contribution in [1.82, 2.24) is 4.98 Å². The van der Waals surface area contributed by atoms with Crippen LogP contribution >= 0.6 is 0 Å². The van der Waals surface area contributed by atoms with Crippen molar-refractivity contribution in [3.8, 4) is 5.88 Å². The van der Waals surface area contributed by atoms with Crippen molar-refractivity contribution in [3.63, 3.8) is 0 Å². The zero-order valence-corrected chi connectivity index (χ0v) is 8.88. The molecule has 4 nitrogen and oxygen atoms in total. The molecule has 17 heavy (non-hydrogen) atoms. The van der Waals surface area contributed by atoms with Gasteiger partial charge < -0.3 is 15.8 Å². The summed E-state index contributed by atoms with van der Waals surface area (Å²) >= 11 is 0. The summed E-state index contributed by atoms with van der Waals surface area (Å²) in [5.41, 5.74) is 5.67. The van der Waals surface area contributed by atoms with Crippen LogP contribution in [0.15, 0.2) is 12.1 Å². The number of nitrogen functional groups attached to an aromatic ring is 1. The average Bonchev–Trinajstić information content (AvgIpc) is 2.28. The molecule has 96 valence electrons. The molecule has 0 spiro atoms. The molecule has 1 heterocycles. The number of hydrogen-bond acceptors (Lipinski definition) is 4. The summed E-state index contributed by atoms with van der Waals surface area (Å²) in [4.78, 5) is 3.72. The van der Waals surface area contributed by atoms with E-state index in [1.807, 2.05) is 0 Å². The number of nitrogens with one attached hydrogen (secondary N) is 1. The number of nitrogens with zero attached hydrogens (tertiary/aromatic N) is 1. The summed E-state index contributed by atoms with van der Waals surface area (Å²) in [5.74, 6) is -4.09. The third-order valence-electron chi connectivity index (χ3n) is 1.91. The van der Waals surface area contributed by atoms with Crippen LogP contribution in [-0.2, 0) is 0 Å². The fraction of sp³-hybridized carbons (Fsp3) is 0.444. The van der Waals surface area contributed by atoms with Crippen molar-refractivity contribution in [3.05, 3.63) is 12.1 Å². The highest BCUT2D eigenvalue weighted by Gasteiger charge is 2.40. The Hall–Kier alpha value is -1.73. The standard InChI is InChI=1S/C9H11F4N3O/c1-17-7-5(14)2-3-6(16-7)15-4-9(12,13)8(10)11/h2-3,8H,4,14H2,1H3,(H,15,16). The molecule has 1 aromatic rings. The normalized spacial score (nSPS) is 11.6. The molecule has 0 bridgehead atoms. The highest BCUT2D eigenvalue weighted by Crippen LogP contribution is 2.24. The van der Waals surface area contributed by atoms with Gasteiger partial charge in [0.1, 0.15) is 5.82 Å². The number of halogens is 4. The topological polar surface area (TPSA) is 60.2 Å².